The second-order valence-electron chi connectivity index (χ2n) is 5.63. The molecule has 0 radical (unpaired) electrons. The maximum atomic E-state index is 12.7. The van der Waals surface area contributed by atoms with Gasteiger partial charge in [0.15, 0.2) is 0 Å². The summed E-state index contributed by atoms with van der Waals surface area (Å²) in [5.41, 5.74) is 2.00. The molecule has 118 valence electrons. The molecule has 1 fully saturated rings. The Balaban J connectivity index is 1.86. The number of hydrogen-bond donors (Lipinski definition) is 0. The van der Waals surface area contributed by atoms with Crippen LogP contribution in [0.2, 0.25) is 0 Å². The third kappa shape index (κ3) is 2.63. The van der Waals surface area contributed by atoms with Gasteiger partial charge in [0.25, 0.3) is 0 Å². The number of aryl methyl sites for hydroxylation is 2. The molecule has 0 aromatic carbocycles. The van der Waals surface area contributed by atoms with Crippen LogP contribution < -0.4 is 4.74 Å². The highest BCUT2D eigenvalue weighted by Crippen LogP contribution is 2.39. The van der Waals surface area contributed by atoms with Crippen molar-refractivity contribution < 1.29 is 9.53 Å². The summed E-state index contributed by atoms with van der Waals surface area (Å²) in [6.45, 7) is 2.80. The first-order chi connectivity index (χ1) is 10.6. The van der Waals surface area contributed by atoms with Crippen LogP contribution in [0.1, 0.15) is 35.0 Å². The van der Waals surface area contributed by atoms with Crippen molar-refractivity contribution in [2.24, 2.45) is 7.05 Å². The minimum Gasteiger partial charge on any atom is -0.481 e. The minimum absolute atomic E-state index is 0.0797. The van der Waals surface area contributed by atoms with Crippen molar-refractivity contribution in [2.45, 2.75) is 32.2 Å². The number of methoxy groups -OCH3 is 1. The first-order valence-electron chi connectivity index (χ1n) is 7.51. The Kier molecular flexibility index (Phi) is 4.20. The molecule has 3 heterocycles. The maximum Gasteiger partial charge on any atom is 0.228 e. The van der Waals surface area contributed by atoms with Gasteiger partial charge in [-0.05, 0) is 31.2 Å². The fraction of sp³-hybridized carbons (Fsp3) is 0.500. The number of nitrogens with zero attached hydrogens (tertiary/aromatic N) is 3. The van der Waals surface area contributed by atoms with Gasteiger partial charge in [0, 0.05) is 18.5 Å². The molecule has 1 saturated heterocycles. The maximum absolute atomic E-state index is 12.7. The van der Waals surface area contributed by atoms with E-state index < -0.39 is 0 Å². The van der Waals surface area contributed by atoms with Gasteiger partial charge in [-0.15, -0.1) is 11.3 Å². The molecule has 0 aliphatic carbocycles. The number of amides is 1. The van der Waals surface area contributed by atoms with Crippen LogP contribution >= 0.6 is 11.3 Å². The summed E-state index contributed by atoms with van der Waals surface area (Å²) in [4.78, 5) is 15.8. The third-order valence-corrected chi connectivity index (χ3v) is 5.10. The first-order valence-corrected chi connectivity index (χ1v) is 8.39. The average Bonchev–Trinajstić information content (AvgIpc) is 3.18. The van der Waals surface area contributed by atoms with Gasteiger partial charge in [-0.2, -0.15) is 5.10 Å². The highest BCUT2D eigenvalue weighted by Gasteiger charge is 2.34. The first kappa shape index (κ1) is 15.1. The van der Waals surface area contributed by atoms with Gasteiger partial charge in [-0.25, -0.2) is 4.68 Å². The van der Waals surface area contributed by atoms with Crippen molar-refractivity contribution in [1.29, 1.82) is 0 Å². The summed E-state index contributed by atoms with van der Waals surface area (Å²) in [6, 6.07) is 4.09. The molecule has 0 unspecified atom stereocenters. The highest BCUT2D eigenvalue weighted by atomic mass is 32.1. The second-order valence-corrected chi connectivity index (χ2v) is 6.67. The van der Waals surface area contributed by atoms with Gasteiger partial charge in [0.1, 0.15) is 0 Å². The van der Waals surface area contributed by atoms with E-state index in [0.29, 0.717) is 6.42 Å². The SMILES string of the molecule is COc1c([C@@H]2CCCN2C(=O)Cc2cccs2)c(C)nn1C. The van der Waals surface area contributed by atoms with Crippen LogP contribution in [0.15, 0.2) is 17.5 Å². The quantitative estimate of drug-likeness (QED) is 0.870. The smallest absolute Gasteiger partial charge is 0.228 e. The number of rotatable bonds is 4. The molecule has 1 atom stereocenters. The molecule has 2 aromatic rings. The van der Waals surface area contributed by atoms with Gasteiger partial charge in [-0.3, -0.25) is 4.79 Å². The van der Waals surface area contributed by atoms with Crippen LogP contribution in [0, 0.1) is 6.92 Å². The van der Waals surface area contributed by atoms with Gasteiger partial charge in [-0.1, -0.05) is 6.07 Å². The van der Waals surface area contributed by atoms with Crippen LogP contribution in [0.5, 0.6) is 5.88 Å². The van der Waals surface area contributed by atoms with Crippen molar-refractivity contribution in [3.05, 3.63) is 33.6 Å². The number of ether oxygens (including phenoxy) is 1. The Bertz CT molecular complexity index is 663. The van der Waals surface area contributed by atoms with Gasteiger partial charge >= 0.3 is 0 Å². The number of thiophene rings is 1. The predicted molar refractivity (Wildman–Crippen MR) is 86.2 cm³/mol. The predicted octanol–water partition coefficient (Wildman–Crippen LogP) is 2.70. The van der Waals surface area contributed by atoms with Crippen LogP contribution in [0.3, 0.4) is 0 Å². The summed E-state index contributed by atoms with van der Waals surface area (Å²) in [5.74, 6) is 0.952. The normalized spacial score (nSPS) is 18.0. The molecule has 0 N–H and O–H groups in total. The largest absolute Gasteiger partial charge is 0.481 e. The minimum atomic E-state index is 0.0797. The molecule has 22 heavy (non-hydrogen) atoms. The zero-order valence-corrected chi connectivity index (χ0v) is 14.0. The monoisotopic (exact) mass is 319 g/mol. The van der Waals surface area contributed by atoms with E-state index in [1.54, 1.807) is 23.1 Å². The molecular weight excluding hydrogens is 298 g/mol. The lowest BCUT2D eigenvalue weighted by Crippen LogP contribution is -2.32. The van der Waals surface area contributed by atoms with Crippen LogP contribution in [-0.2, 0) is 18.3 Å². The van der Waals surface area contributed by atoms with Crippen LogP contribution in [0.25, 0.3) is 0 Å². The Hall–Kier alpha value is -1.82. The van der Waals surface area contributed by atoms with E-state index in [1.165, 1.54) is 0 Å². The molecule has 1 aliphatic rings. The van der Waals surface area contributed by atoms with E-state index in [2.05, 4.69) is 5.10 Å². The topological polar surface area (TPSA) is 47.4 Å². The van der Waals surface area contributed by atoms with Crippen molar-refractivity contribution >= 4 is 17.2 Å². The van der Waals surface area contributed by atoms with Gasteiger partial charge in [0.05, 0.1) is 30.8 Å². The highest BCUT2D eigenvalue weighted by molar-refractivity contribution is 7.10. The standard InChI is InChI=1S/C16H21N3O2S/c1-11-15(16(21-3)18(2)17-11)13-7-4-8-19(13)14(20)10-12-6-5-9-22-12/h5-6,9,13H,4,7-8,10H2,1-3H3/t13-/m0/s1. The molecule has 2 aromatic heterocycles. The Morgan fingerprint density at radius 3 is 3.05 bits per heavy atom. The molecular formula is C16H21N3O2S. The Labute approximate surface area is 134 Å². The summed E-state index contributed by atoms with van der Waals surface area (Å²) in [7, 11) is 3.54. The summed E-state index contributed by atoms with van der Waals surface area (Å²) in [5, 5.41) is 6.46. The van der Waals surface area contributed by atoms with E-state index in [-0.39, 0.29) is 11.9 Å². The number of carbonyl (C=O) groups is 1. The lowest BCUT2D eigenvalue weighted by atomic mass is 10.0. The molecule has 3 rings (SSSR count). The lowest BCUT2D eigenvalue weighted by Gasteiger charge is -2.25. The van der Waals surface area contributed by atoms with Crippen molar-refractivity contribution in [3.63, 3.8) is 0 Å². The van der Waals surface area contributed by atoms with E-state index in [9.17, 15) is 4.79 Å². The molecule has 0 spiro atoms. The molecule has 0 saturated carbocycles. The number of hydrogen-bond acceptors (Lipinski definition) is 4. The van der Waals surface area contributed by atoms with Crippen molar-refractivity contribution in [1.82, 2.24) is 14.7 Å². The molecule has 1 aliphatic heterocycles. The molecule has 6 heteroatoms. The molecule has 1 amide bonds. The van der Waals surface area contributed by atoms with Crippen molar-refractivity contribution in [3.8, 4) is 5.88 Å². The summed E-state index contributed by atoms with van der Waals surface area (Å²) >= 11 is 1.63. The zero-order valence-electron chi connectivity index (χ0n) is 13.2. The van der Waals surface area contributed by atoms with E-state index in [4.69, 9.17) is 4.74 Å². The average molecular weight is 319 g/mol. The van der Waals surface area contributed by atoms with Crippen LogP contribution in [0.4, 0.5) is 0 Å². The Morgan fingerprint density at radius 2 is 2.36 bits per heavy atom. The molecule has 5 nitrogen and oxygen atoms in total. The van der Waals surface area contributed by atoms with Gasteiger partial charge in [0.2, 0.25) is 11.8 Å². The number of aromatic nitrogens is 2. The van der Waals surface area contributed by atoms with E-state index in [0.717, 1.165) is 41.4 Å². The van der Waals surface area contributed by atoms with E-state index in [1.807, 2.05) is 36.4 Å². The van der Waals surface area contributed by atoms with Crippen molar-refractivity contribution in [2.75, 3.05) is 13.7 Å². The summed E-state index contributed by atoms with van der Waals surface area (Å²) < 4.78 is 7.26. The Morgan fingerprint density at radius 1 is 1.55 bits per heavy atom. The zero-order chi connectivity index (χ0) is 15.7. The second kappa shape index (κ2) is 6.12. The number of likely N-dealkylation sites (tertiary alicyclic amines) is 1. The van der Waals surface area contributed by atoms with Gasteiger partial charge < -0.3 is 9.64 Å². The fourth-order valence-electron chi connectivity index (χ4n) is 3.31. The lowest BCUT2D eigenvalue weighted by molar-refractivity contribution is -0.131. The summed E-state index contributed by atoms with van der Waals surface area (Å²) in [6.07, 6.45) is 2.48. The molecule has 0 bridgehead atoms. The fourth-order valence-corrected chi connectivity index (χ4v) is 4.00. The number of carbonyl (C=O) groups excluding carboxylic acids is 1. The van der Waals surface area contributed by atoms with Crippen LogP contribution in [-0.4, -0.2) is 34.2 Å². The third-order valence-electron chi connectivity index (χ3n) is 4.22. The van der Waals surface area contributed by atoms with E-state index >= 15 is 0 Å².